The molecule has 6 nitrogen and oxygen atoms in total. The smallest absolute Gasteiger partial charge is 0.150 e. The number of benzene rings is 4. The molecule has 6 heteroatoms. The molecule has 0 aromatic heterocycles. The van der Waals surface area contributed by atoms with Crippen molar-refractivity contribution >= 4 is 12.6 Å². The molecule has 1 aliphatic carbocycles. The second-order valence-corrected chi connectivity index (χ2v) is 12.8. The van der Waals surface area contributed by atoms with Crippen LogP contribution in [0.3, 0.4) is 0 Å². The molecule has 1 saturated carbocycles. The van der Waals surface area contributed by atoms with Gasteiger partial charge in [-0.25, -0.2) is 0 Å². The van der Waals surface area contributed by atoms with Gasteiger partial charge in [0.2, 0.25) is 0 Å². The summed E-state index contributed by atoms with van der Waals surface area (Å²) in [5, 5.41) is 0. The molecule has 7 rings (SSSR count). The minimum Gasteiger partial charge on any atom is -0.379 e. The van der Waals surface area contributed by atoms with Crippen LogP contribution in [-0.2, 0) is 20.6 Å². The number of carbonyl (C=O) groups is 2. The molecule has 4 aromatic carbocycles. The highest BCUT2D eigenvalue weighted by Gasteiger charge is 2.51. The Morgan fingerprint density at radius 2 is 0.870 bits per heavy atom. The highest BCUT2D eigenvalue weighted by atomic mass is 16.5. The number of nitrogens with zero attached hydrogens (tertiary/aromatic N) is 2. The number of rotatable bonds is 8. The van der Waals surface area contributed by atoms with Crippen molar-refractivity contribution in [1.29, 1.82) is 0 Å². The van der Waals surface area contributed by atoms with Gasteiger partial charge in [-0.1, -0.05) is 84.9 Å². The van der Waals surface area contributed by atoms with Crippen LogP contribution in [0, 0.1) is 0 Å². The first-order valence-corrected chi connectivity index (χ1v) is 16.6. The zero-order valence-corrected chi connectivity index (χ0v) is 26.4. The van der Waals surface area contributed by atoms with Crippen LogP contribution in [0.4, 0.5) is 0 Å². The van der Waals surface area contributed by atoms with Gasteiger partial charge in [-0.15, -0.1) is 0 Å². The van der Waals surface area contributed by atoms with Crippen LogP contribution >= 0.6 is 0 Å². The molecule has 0 N–H and O–H groups in total. The molecule has 0 atom stereocenters. The summed E-state index contributed by atoms with van der Waals surface area (Å²) in [7, 11) is 0. The average molecular weight is 615 g/mol. The highest BCUT2D eigenvalue weighted by Crippen LogP contribution is 2.55. The van der Waals surface area contributed by atoms with Crippen molar-refractivity contribution in [2.45, 2.75) is 36.8 Å². The predicted octanol–water partition coefficient (Wildman–Crippen LogP) is 6.97. The first-order valence-electron chi connectivity index (χ1n) is 16.6. The third-order valence-corrected chi connectivity index (χ3v) is 10.7. The van der Waals surface area contributed by atoms with Crippen molar-refractivity contribution in [1.82, 2.24) is 9.80 Å². The van der Waals surface area contributed by atoms with E-state index in [9.17, 15) is 9.59 Å². The molecule has 46 heavy (non-hydrogen) atoms. The lowest BCUT2D eigenvalue weighted by Gasteiger charge is -2.57. The van der Waals surface area contributed by atoms with E-state index in [4.69, 9.17) is 9.47 Å². The zero-order chi connectivity index (χ0) is 31.4. The number of carbonyl (C=O) groups excluding carboxylic acids is 2. The third-order valence-electron chi connectivity index (χ3n) is 10.7. The molecule has 0 unspecified atom stereocenters. The van der Waals surface area contributed by atoms with Gasteiger partial charge in [0.05, 0.1) is 26.4 Å². The van der Waals surface area contributed by atoms with Gasteiger partial charge in [0.1, 0.15) is 12.6 Å². The van der Waals surface area contributed by atoms with Gasteiger partial charge in [0.15, 0.2) is 0 Å². The number of hydrogen-bond acceptors (Lipinski definition) is 6. The van der Waals surface area contributed by atoms with E-state index in [0.717, 1.165) is 75.6 Å². The Balaban J connectivity index is 1.39. The topological polar surface area (TPSA) is 59.1 Å². The number of morpholine rings is 2. The lowest BCUT2D eigenvalue weighted by Crippen LogP contribution is -2.59. The maximum atomic E-state index is 12.2. The quantitative estimate of drug-likeness (QED) is 0.200. The fourth-order valence-electron chi connectivity index (χ4n) is 8.35. The third kappa shape index (κ3) is 5.64. The largest absolute Gasteiger partial charge is 0.379 e. The van der Waals surface area contributed by atoms with E-state index >= 15 is 0 Å². The van der Waals surface area contributed by atoms with Crippen LogP contribution in [-0.4, -0.2) is 75.0 Å². The molecule has 3 fully saturated rings. The van der Waals surface area contributed by atoms with Gasteiger partial charge in [0, 0.05) is 48.4 Å². The summed E-state index contributed by atoms with van der Waals surface area (Å²) in [6.45, 7) is 6.18. The summed E-state index contributed by atoms with van der Waals surface area (Å²) in [6.07, 6.45) is 5.59. The molecule has 236 valence electrons. The standard InChI is InChI=1S/C40H42N2O4/c43-29-31-11-13-35(33-7-3-1-4-8-33)37(27-31)39(41-19-23-45-24-20-41)15-17-40(18-16-39,42-21-25-46-26-22-42)38-28-32(30-44)12-14-36(38)34-9-5-2-6-10-34/h1-14,27-30H,15-26H2. The second-order valence-electron chi connectivity index (χ2n) is 12.8. The number of ether oxygens (including phenoxy) is 2. The van der Waals surface area contributed by atoms with E-state index in [2.05, 4.69) is 94.7 Å². The highest BCUT2D eigenvalue weighted by molar-refractivity contribution is 5.80. The Bertz CT molecular complexity index is 1530. The van der Waals surface area contributed by atoms with Crippen LogP contribution in [0.15, 0.2) is 97.1 Å². The SMILES string of the molecule is O=Cc1ccc(-c2ccccc2)c(C2(N3CCOCC3)CCC(c3cc(C=O)ccc3-c3ccccc3)(N3CCOCC3)CC2)c1. The molecule has 0 spiro atoms. The summed E-state index contributed by atoms with van der Waals surface area (Å²) in [6, 6.07) is 33.6. The van der Waals surface area contributed by atoms with Crippen molar-refractivity contribution in [2.75, 3.05) is 52.6 Å². The Kier molecular flexibility index (Phi) is 8.96. The Hall–Kier alpha value is -3.94. The molecule has 2 saturated heterocycles. The van der Waals surface area contributed by atoms with Crippen molar-refractivity contribution in [3.63, 3.8) is 0 Å². The molecule has 2 aliphatic heterocycles. The summed E-state index contributed by atoms with van der Waals surface area (Å²) in [4.78, 5) is 29.7. The van der Waals surface area contributed by atoms with E-state index in [0.29, 0.717) is 37.6 Å². The van der Waals surface area contributed by atoms with Gasteiger partial charge < -0.3 is 9.47 Å². The maximum absolute atomic E-state index is 12.2. The van der Waals surface area contributed by atoms with Crippen LogP contribution in [0.5, 0.6) is 0 Å². The van der Waals surface area contributed by atoms with Crippen LogP contribution in [0.2, 0.25) is 0 Å². The molecule has 4 aromatic rings. The fourth-order valence-corrected chi connectivity index (χ4v) is 8.35. The van der Waals surface area contributed by atoms with Crippen molar-refractivity contribution in [3.8, 4) is 22.3 Å². The molecule has 0 radical (unpaired) electrons. The predicted molar refractivity (Wildman–Crippen MR) is 181 cm³/mol. The molecule has 0 bridgehead atoms. The van der Waals surface area contributed by atoms with Crippen LogP contribution < -0.4 is 0 Å². The minimum atomic E-state index is -0.279. The van der Waals surface area contributed by atoms with E-state index in [1.54, 1.807) is 0 Å². The zero-order valence-electron chi connectivity index (χ0n) is 26.4. The maximum Gasteiger partial charge on any atom is 0.150 e. The minimum absolute atomic E-state index is 0.279. The van der Waals surface area contributed by atoms with Gasteiger partial charge in [0.25, 0.3) is 0 Å². The van der Waals surface area contributed by atoms with Crippen molar-refractivity contribution in [2.24, 2.45) is 0 Å². The summed E-state index contributed by atoms with van der Waals surface area (Å²) < 4.78 is 11.7. The van der Waals surface area contributed by atoms with Crippen molar-refractivity contribution < 1.29 is 19.1 Å². The van der Waals surface area contributed by atoms with Crippen LogP contribution in [0.1, 0.15) is 57.5 Å². The van der Waals surface area contributed by atoms with E-state index in [1.807, 2.05) is 12.1 Å². The molecular formula is C40H42N2O4. The van der Waals surface area contributed by atoms with E-state index < -0.39 is 0 Å². The van der Waals surface area contributed by atoms with Gasteiger partial charge >= 0.3 is 0 Å². The first kappa shape index (κ1) is 30.7. The Morgan fingerprint density at radius 1 is 0.500 bits per heavy atom. The Morgan fingerprint density at radius 3 is 1.22 bits per heavy atom. The normalized spacial score (nSPS) is 24.3. The van der Waals surface area contributed by atoms with Gasteiger partial charge in [-0.05, 0) is 71.2 Å². The summed E-state index contributed by atoms with van der Waals surface area (Å²) in [5.74, 6) is 0. The van der Waals surface area contributed by atoms with Gasteiger partial charge in [-0.3, -0.25) is 19.4 Å². The Labute approximate surface area is 271 Å². The summed E-state index contributed by atoms with van der Waals surface area (Å²) in [5.41, 5.74) is 8.01. The second kappa shape index (κ2) is 13.4. The number of hydrogen-bond donors (Lipinski definition) is 0. The lowest BCUT2D eigenvalue weighted by atomic mass is 9.63. The van der Waals surface area contributed by atoms with E-state index in [-0.39, 0.29) is 11.1 Å². The van der Waals surface area contributed by atoms with Crippen molar-refractivity contribution in [3.05, 3.63) is 119 Å². The fraction of sp³-hybridized carbons (Fsp3) is 0.350. The van der Waals surface area contributed by atoms with Gasteiger partial charge in [-0.2, -0.15) is 0 Å². The number of aldehydes is 2. The molecule has 0 amide bonds. The van der Waals surface area contributed by atoms with Crippen LogP contribution in [0.25, 0.3) is 22.3 Å². The van der Waals surface area contributed by atoms with E-state index in [1.165, 1.54) is 22.3 Å². The average Bonchev–Trinajstić information content (AvgIpc) is 3.16. The lowest BCUT2D eigenvalue weighted by molar-refractivity contribution is -0.0884. The molecule has 3 aliphatic rings. The molecular weight excluding hydrogens is 572 g/mol. The monoisotopic (exact) mass is 614 g/mol. The first-order chi connectivity index (χ1) is 22.7. The molecule has 2 heterocycles. The summed E-state index contributed by atoms with van der Waals surface area (Å²) >= 11 is 0.